The summed E-state index contributed by atoms with van der Waals surface area (Å²) in [5, 5.41) is 13.6. The Bertz CT molecular complexity index is 1740. The van der Waals surface area contributed by atoms with Gasteiger partial charge in [0.1, 0.15) is 36.8 Å². The number of para-hydroxylation sites is 1. The number of benzene rings is 4. The van der Waals surface area contributed by atoms with E-state index in [4.69, 9.17) is 9.47 Å². The lowest BCUT2D eigenvalue weighted by Gasteiger charge is -2.45. The smallest absolute Gasteiger partial charge is 0.260 e. The molecular weight excluding hydrogens is 497 g/mol. The molecule has 0 fully saturated rings. The third kappa shape index (κ3) is 3.24. The molecule has 1 N–H and O–H groups in total. The highest BCUT2D eigenvalue weighted by molar-refractivity contribution is 6.98. The first-order valence-corrected chi connectivity index (χ1v) is 17.0. The maximum atomic E-state index is 10.4. The number of fused-ring (bicyclic) bond motifs is 5. The van der Waals surface area contributed by atoms with Gasteiger partial charge in [-0.15, -0.1) is 0 Å². The monoisotopic (exact) mass is 527 g/mol. The van der Waals surface area contributed by atoms with Crippen LogP contribution in [-0.2, 0) is 0 Å². The maximum absolute atomic E-state index is 10.4. The highest BCUT2D eigenvalue weighted by atomic mass is 28.3. The van der Waals surface area contributed by atoms with Gasteiger partial charge in [0.05, 0.1) is 0 Å². The van der Waals surface area contributed by atoms with Crippen molar-refractivity contribution in [3.8, 4) is 28.7 Å². The number of hydrogen-bond acceptors (Lipinski definition) is 4. The van der Waals surface area contributed by atoms with E-state index in [2.05, 4.69) is 79.5 Å². The van der Waals surface area contributed by atoms with Gasteiger partial charge in [0.2, 0.25) is 0 Å². The molecule has 0 atom stereocenters. The molecule has 4 aromatic carbocycles. The first-order chi connectivity index (χ1) is 18.9. The van der Waals surface area contributed by atoms with Crippen LogP contribution in [0.3, 0.4) is 0 Å². The molecule has 0 spiro atoms. The standard InChI is InChI=1S/C33H30BNO3Si/c1-20-16-29-33-30(17-20)38-28-18-21(12-14-23(28)34(33)24-19-22(36)13-15-27(24)37-29)35-25-8-4-6-10-31(25)39(2,3)32-11-7-5-9-26(32)35/h4,6,8,10,12-19,36H,5,7,9,11H2,1-3H3. The normalized spacial score (nSPS) is 17.7. The molecule has 6 heteroatoms. The second-order valence-electron chi connectivity index (χ2n) is 11.9. The van der Waals surface area contributed by atoms with Crippen LogP contribution in [0.2, 0.25) is 13.1 Å². The van der Waals surface area contributed by atoms with Crippen molar-refractivity contribution in [3.63, 3.8) is 0 Å². The second-order valence-corrected chi connectivity index (χ2v) is 16.3. The van der Waals surface area contributed by atoms with Gasteiger partial charge in [0.25, 0.3) is 6.71 Å². The SMILES string of the molecule is Cc1cc2c3c(c1)Oc1ccc(O)cc1B3c1ccc(N3C4=C(CCCC4)[Si](C)(C)c4ccccc43)cc1O2. The third-order valence-electron chi connectivity index (χ3n) is 9.13. The van der Waals surface area contributed by atoms with Gasteiger partial charge in [-0.1, -0.05) is 42.6 Å². The van der Waals surface area contributed by atoms with Crippen molar-refractivity contribution in [1.29, 1.82) is 0 Å². The second kappa shape index (κ2) is 8.06. The minimum Gasteiger partial charge on any atom is -0.508 e. The van der Waals surface area contributed by atoms with Crippen LogP contribution in [0.1, 0.15) is 31.2 Å². The van der Waals surface area contributed by atoms with Gasteiger partial charge in [-0.25, -0.2) is 0 Å². The maximum Gasteiger partial charge on any atom is 0.260 e. The van der Waals surface area contributed by atoms with Crippen molar-refractivity contribution >= 4 is 47.7 Å². The van der Waals surface area contributed by atoms with Crippen molar-refractivity contribution in [1.82, 2.24) is 0 Å². The molecule has 4 aliphatic rings. The van der Waals surface area contributed by atoms with Crippen LogP contribution in [0.25, 0.3) is 0 Å². The first-order valence-electron chi connectivity index (χ1n) is 14.0. The molecule has 1 aliphatic carbocycles. The highest BCUT2D eigenvalue weighted by Gasteiger charge is 2.43. The Hall–Kier alpha value is -3.90. The predicted octanol–water partition coefficient (Wildman–Crippen LogP) is 5.86. The van der Waals surface area contributed by atoms with Gasteiger partial charge in [0.15, 0.2) is 0 Å². The summed E-state index contributed by atoms with van der Waals surface area (Å²) < 4.78 is 13.0. The van der Waals surface area contributed by atoms with Gasteiger partial charge >= 0.3 is 0 Å². The Balaban J connectivity index is 1.33. The largest absolute Gasteiger partial charge is 0.508 e. The van der Waals surface area contributed by atoms with Crippen molar-refractivity contribution in [2.75, 3.05) is 4.90 Å². The summed E-state index contributed by atoms with van der Waals surface area (Å²) in [6.45, 7) is 7.06. The Labute approximate surface area is 230 Å². The molecule has 0 unspecified atom stereocenters. The van der Waals surface area contributed by atoms with Crippen LogP contribution >= 0.6 is 0 Å². The number of phenolic OH excluding ortho intramolecular Hbond substituents is 1. The fourth-order valence-electron chi connectivity index (χ4n) is 7.35. The molecule has 0 amide bonds. The molecule has 39 heavy (non-hydrogen) atoms. The molecule has 4 aromatic rings. The summed E-state index contributed by atoms with van der Waals surface area (Å²) in [7, 11) is -1.72. The Morgan fingerprint density at radius 2 is 1.56 bits per heavy atom. The van der Waals surface area contributed by atoms with Gasteiger partial charge in [0, 0.05) is 28.6 Å². The first kappa shape index (κ1) is 23.0. The third-order valence-corrected chi connectivity index (χ3v) is 12.9. The van der Waals surface area contributed by atoms with Crippen molar-refractivity contribution in [2.45, 2.75) is 45.7 Å². The Morgan fingerprint density at radius 3 is 2.41 bits per heavy atom. The zero-order valence-electron chi connectivity index (χ0n) is 22.5. The highest BCUT2D eigenvalue weighted by Crippen LogP contribution is 2.45. The number of aryl methyl sites for hydroxylation is 1. The fourth-order valence-corrected chi connectivity index (χ4v) is 10.8. The van der Waals surface area contributed by atoms with Crippen LogP contribution in [-0.4, -0.2) is 19.9 Å². The lowest BCUT2D eigenvalue weighted by Crippen LogP contribution is -2.57. The topological polar surface area (TPSA) is 41.9 Å². The van der Waals surface area contributed by atoms with Crippen LogP contribution in [0, 0.1) is 6.92 Å². The van der Waals surface area contributed by atoms with Crippen LogP contribution in [0.5, 0.6) is 28.7 Å². The number of allylic oxidation sites excluding steroid dienone is 2. The number of nitrogens with zero attached hydrogens (tertiary/aromatic N) is 1. The number of phenols is 1. The minimum atomic E-state index is -1.72. The summed E-state index contributed by atoms with van der Waals surface area (Å²) >= 11 is 0. The molecular formula is C33H30BNO3Si. The summed E-state index contributed by atoms with van der Waals surface area (Å²) in [6.07, 6.45) is 4.85. The van der Waals surface area contributed by atoms with Gasteiger partial charge in [-0.05, 0) is 96.7 Å². The van der Waals surface area contributed by atoms with Crippen LogP contribution in [0.15, 0.2) is 83.7 Å². The van der Waals surface area contributed by atoms with E-state index >= 15 is 0 Å². The van der Waals surface area contributed by atoms with E-state index in [1.807, 2.05) is 12.1 Å². The lowest BCUT2D eigenvalue weighted by atomic mass is 9.35. The number of aromatic hydroxyl groups is 1. The minimum absolute atomic E-state index is 0.0614. The number of rotatable bonds is 1. The van der Waals surface area contributed by atoms with E-state index in [0.29, 0.717) is 0 Å². The quantitative estimate of drug-likeness (QED) is 0.272. The average molecular weight is 528 g/mol. The van der Waals surface area contributed by atoms with E-state index in [1.165, 1.54) is 35.8 Å². The van der Waals surface area contributed by atoms with E-state index in [-0.39, 0.29) is 12.5 Å². The Morgan fingerprint density at radius 1 is 0.795 bits per heavy atom. The predicted molar refractivity (Wildman–Crippen MR) is 162 cm³/mol. The molecule has 4 nitrogen and oxygen atoms in total. The molecule has 0 saturated heterocycles. The van der Waals surface area contributed by atoms with Crippen LogP contribution < -0.4 is 35.9 Å². The van der Waals surface area contributed by atoms with E-state index in [0.717, 1.165) is 57.1 Å². The molecule has 8 rings (SSSR count). The Kier molecular flexibility index (Phi) is 4.76. The molecule has 0 radical (unpaired) electrons. The van der Waals surface area contributed by atoms with E-state index in [9.17, 15) is 5.11 Å². The summed E-state index contributed by atoms with van der Waals surface area (Å²) in [5.41, 5.74) is 8.19. The number of hydrogen-bond donors (Lipinski definition) is 1. The fraction of sp³-hybridized carbons (Fsp3) is 0.212. The number of anilines is 2. The van der Waals surface area contributed by atoms with Gasteiger partial charge < -0.3 is 19.5 Å². The molecule has 0 saturated carbocycles. The zero-order valence-corrected chi connectivity index (χ0v) is 23.5. The average Bonchev–Trinajstić information content (AvgIpc) is 2.93. The van der Waals surface area contributed by atoms with E-state index < -0.39 is 8.07 Å². The summed E-state index contributed by atoms with van der Waals surface area (Å²) in [4.78, 5) is 2.52. The molecule has 0 aromatic heterocycles. The molecule has 192 valence electrons. The summed E-state index contributed by atoms with van der Waals surface area (Å²) in [6, 6.07) is 25.3. The molecule has 3 heterocycles. The lowest BCUT2D eigenvalue weighted by molar-refractivity contribution is 0.457. The van der Waals surface area contributed by atoms with Crippen LogP contribution in [0.4, 0.5) is 11.4 Å². The van der Waals surface area contributed by atoms with Crippen molar-refractivity contribution < 1.29 is 14.6 Å². The summed E-state index contributed by atoms with van der Waals surface area (Å²) in [5.74, 6) is 3.56. The van der Waals surface area contributed by atoms with Crippen molar-refractivity contribution in [3.05, 3.63) is 89.3 Å². The van der Waals surface area contributed by atoms with Crippen molar-refractivity contribution in [2.24, 2.45) is 0 Å². The number of ether oxygens (including phenoxy) is 2. The van der Waals surface area contributed by atoms with Gasteiger partial charge in [-0.2, -0.15) is 0 Å². The van der Waals surface area contributed by atoms with Gasteiger partial charge in [-0.3, -0.25) is 0 Å². The van der Waals surface area contributed by atoms with E-state index in [1.54, 1.807) is 11.3 Å². The molecule has 3 aliphatic heterocycles. The zero-order chi connectivity index (χ0) is 26.5. The molecule has 0 bridgehead atoms.